The highest BCUT2D eigenvalue weighted by molar-refractivity contribution is 5.87. The highest BCUT2D eigenvalue weighted by Gasteiger charge is 2.61. The van der Waals surface area contributed by atoms with Crippen molar-refractivity contribution >= 4 is 5.78 Å². The van der Waals surface area contributed by atoms with E-state index >= 15 is 0 Å². The third kappa shape index (κ3) is 1.32. The average Bonchev–Trinajstić information content (AvgIpc) is 2.91. The van der Waals surface area contributed by atoms with Crippen molar-refractivity contribution < 1.29 is 9.90 Å². The van der Waals surface area contributed by atoms with Crippen LogP contribution in [0.4, 0.5) is 0 Å². The molecule has 2 heteroatoms. The average molecular weight is 222 g/mol. The zero-order valence-electron chi connectivity index (χ0n) is 10.5. The van der Waals surface area contributed by atoms with Crippen molar-refractivity contribution in [1.29, 1.82) is 0 Å². The van der Waals surface area contributed by atoms with E-state index in [0.29, 0.717) is 23.0 Å². The van der Waals surface area contributed by atoms with Crippen molar-refractivity contribution in [1.82, 2.24) is 0 Å². The molecule has 0 aliphatic heterocycles. The molecule has 3 rings (SSSR count). The maximum absolute atomic E-state index is 12.3. The van der Waals surface area contributed by atoms with Crippen LogP contribution in [0.25, 0.3) is 0 Å². The SMILES string of the molecule is CC1(C)C[C@@H]2C(=O)[C@@H]3C[C@H]3[C@](C)(O)CC[C@H]21. The molecule has 0 saturated heterocycles. The minimum Gasteiger partial charge on any atom is -0.390 e. The fourth-order valence-corrected chi connectivity index (χ4v) is 4.24. The van der Waals surface area contributed by atoms with Gasteiger partial charge < -0.3 is 5.11 Å². The molecule has 5 atom stereocenters. The third-order valence-electron chi connectivity index (χ3n) is 5.52. The Labute approximate surface area is 97.4 Å². The lowest BCUT2D eigenvalue weighted by atomic mass is 9.51. The van der Waals surface area contributed by atoms with Crippen LogP contribution in [-0.4, -0.2) is 16.5 Å². The van der Waals surface area contributed by atoms with Gasteiger partial charge in [-0.15, -0.1) is 0 Å². The molecule has 3 aliphatic carbocycles. The van der Waals surface area contributed by atoms with Crippen LogP contribution in [0.15, 0.2) is 0 Å². The molecule has 16 heavy (non-hydrogen) atoms. The Morgan fingerprint density at radius 2 is 1.88 bits per heavy atom. The zero-order valence-corrected chi connectivity index (χ0v) is 10.5. The maximum atomic E-state index is 12.3. The van der Waals surface area contributed by atoms with E-state index < -0.39 is 5.60 Å². The van der Waals surface area contributed by atoms with E-state index in [1.165, 1.54) is 0 Å². The molecule has 0 aromatic rings. The summed E-state index contributed by atoms with van der Waals surface area (Å²) in [6.45, 7) is 6.46. The van der Waals surface area contributed by atoms with Crippen molar-refractivity contribution in [3.63, 3.8) is 0 Å². The summed E-state index contributed by atoms with van der Waals surface area (Å²) in [6.07, 6.45) is 3.92. The van der Waals surface area contributed by atoms with Gasteiger partial charge in [-0.1, -0.05) is 13.8 Å². The van der Waals surface area contributed by atoms with E-state index in [2.05, 4.69) is 13.8 Å². The standard InChI is InChI=1S/C14H22O2/c1-13(2)7-9-10(13)4-5-14(3,16)11-6-8(11)12(9)15/h8-11,16H,4-7H2,1-3H3/t8-,9+,10-,11-,14-/m1/s1. The molecular weight excluding hydrogens is 200 g/mol. The van der Waals surface area contributed by atoms with Gasteiger partial charge >= 0.3 is 0 Å². The van der Waals surface area contributed by atoms with Gasteiger partial charge in [0.05, 0.1) is 5.60 Å². The van der Waals surface area contributed by atoms with Gasteiger partial charge in [-0.3, -0.25) is 4.79 Å². The van der Waals surface area contributed by atoms with E-state index in [1.54, 1.807) is 0 Å². The van der Waals surface area contributed by atoms with Crippen LogP contribution in [-0.2, 0) is 4.79 Å². The number of hydrogen-bond acceptors (Lipinski definition) is 2. The number of carbonyl (C=O) groups excluding carboxylic acids is 1. The third-order valence-corrected chi connectivity index (χ3v) is 5.52. The van der Waals surface area contributed by atoms with Gasteiger partial charge in [-0.2, -0.15) is 0 Å². The van der Waals surface area contributed by atoms with Crippen LogP contribution in [0.2, 0.25) is 0 Å². The summed E-state index contributed by atoms with van der Waals surface area (Å²) in [6, 6.07) is 0. The normalized spacial score (nSPS) is 54.1. The summed E-state index contributed by atoms with van der Waals surface area (Å²) in [5.41, 5.74) is -0.269. The van der Waals surface area contributed by atoms with E-state index in [0.717, 1.165) is 25.7 Å². The Morgan fingerprint density at radius 1 is 1.19 bits per heavy atom. The number of ketones is 1. The van der Waals surface area contributed by atoms with Gasteiger partial charge in [-0.25, -0.2) is 0 Å². The number of rotatable bonds is 0. The van der Waals surface area contributed by atoms with Gasteiger partial charge in [0, 0.05) is 11.8 Å². The first-order chi connectivity index (χ1) is 7.33. The van der Waals surface area contributed by atoms with E-state index in [1.807, 2.05) is 6.92 Å². The summed E-state index contributed by atoms with van der Waals surface area (Å²) < 4.78 is 0. The summed E-state index contributed by atoms with van der Waals surface area (Å²) in [5, 5.41) is 10.4. The van der Waals surface area contributed by atoms with Crippen molar-refractivity contribution in [2.24, 2.45) is 29.1 Å². The van der Waals surface area contributed by atoms with Crippen LogP contribution < -0.4 is 0 Å². The van der Waals surface area contributed by atoms with Crippen LogP contribution in [0.1, 0.15) is 46.5 Å². The maximum Gasteiger partial charge on any atom is 0.139 e. The monoisotopic (exact) mass is 222 g/mol. The predicted octanol–water partition coefficient (Wildman–Crippen LogP) is 2.40. The minimum absolute atomic E-state index is 0.193. The molecule has 0 bridgehead atoms. The second-order valence-electron chi connectivity index (χ2n) is 7.15. The fraction of sp³-hybridized carbons (Fsp3) is 0.929. The molecule has 0 heterocycles. The smallest absolute Gasteiger partial charge is 0.139 e. The molecule has 0 unspecified atom stereocenters. The van der Waals surface area contributed by atoms with Gasteiger partial charge in [0.2, 0.25) is 0 Å². The lowest BCUT2D eigenvalue weighted by Gasteiger charge is -2.52. The second kappa shape index (κ2) is 2.90. The largest absolute Gasteiger partial charge is 0.390 e. The highest BCUT2D eigenvalue weighted by atomic mass is 16.3. The molecule has 0 radical (unpaired) electrons. The van der Waals surface area contributed by atoms with E-state index in [4.69, 9.17) is 0 Å². The molecule has 3 fully saturated rings. The van der Waals surface area contributed by atoms with E-state index in [9.17, 15) is 9.90 Å². The Bertz CT molecular complexity index is 343. The molecule has 0 aromatic carbocycles. The first-order valence-electron chi connectivity index (χ1n) is 6.59. The predicted molar refractivity (Wildman–Crippen MR) is 61.8 cm³/mol. The molecule has 3 aliphatic rings. The number of hydrogen-bond donors (Lipinski definition) is 1. The van der Waals surface area contributed by atoms with Crippen LogP contribution in [0.3, 0.4) is 0 Å². The Hall–Kier alpha value is -0.370. The molecule has 0 spiro atoms. The number of fused-ring (bicyclic) bond motifs is 2. The van der Waals surface area contributed by atoms with E-state index in [-0.39, 0.29) is 11.8 Å². The summed E-state index contributed by atoms with van der Waals surface area (Å²) in [5.74, 6) is 1.77. The minimum atomic E-state index is -0.586. The van der Waals surface area contributed by atoms with Gasteiger partial charge in [0.1, 0.15) is 5.78 Å². The zero-order chi connectivity index (χ0) is 11.7. The Morgan fingerprint density at radius 3 is 2.50 bits per heavy atom. The van der Waals surface area contributed by atoms with Gasteiger partial charge in [-0.05, 0) is 49.9 Å². The van der Waals surface area contributed by atoms with Crippen molar-refractivity contribution in [3.05, 3.63) is 0 Å². The van der Waals surface area contributed by atoms with Crippen molar-refractivity contribution in [2.75, 3.05) is 0 Å². The van der Waals surface area contributed by atoms with Crippen LogP contribution in [0.5, 0.6) is 0 Å². The first kappa shape index (κ1) is 10.8. The lowest BCUT2D eigenvalue weighted by molar-refractivity contribution is -0.143. The molecule has 0 amide bonds. The Kier molecular flexibility index (Phi) is 1.95. The Balaban J connectivity index is 1.85. The van der Waals surface area contributed by atoms with Crippen LogP contribution in [0, 0.1) is 29.1 Å². The fourth-order valence-electron chi connectivity index (χ4n) is 4.24. The van der Waals surface area contributed by atoms with Crippen molar-refractivity contribution in [2.45, 2.75) is 52.1 Å². The highest BCUT2D eigenvalue weighted by Crippen LogP contribution is 2.61. The first-order valence-corrected chi connectivity index (χ1v) is 6.59. The van der Waals surface area contributed by atoms with Crippen LogP contribution >= 0.6 is 0 Å². The second-order valence-corrected chi connectivity index (χ2v) is 7.15. The summed E-state index contributed by atoms with van der Waals surface area (Å²) in [4.78, 5) is 12.3. The molecule has 90 valence electrons. The van der Waals surface area contributed by atoms with Gasteiger partial charge in [0.15, 0.2) is 0 Å². The number of Topliss-reactive ketones (excluding diaryl/α,β-unsaturated/α-hetero) is 1. The molecule has 2 nitrogen and oxygen atoms in total. The number of aliphatic hydroxyl groups is 1. The van der Waals surface area contributed by atoms with Crippen molar-refractivity contribution in [3.8, 4) is 0 Å². The molecule has 3 saturated carbocycles. The molecular formula is C14H22O2. The number of carbonyl (C=O) groups is 1. The quantitative estimate of drug-likeness (QED) is 0.683. The summed E-state index contributed by atoms with van der Waals surface area (Å²) >= 11 is 0. The molecule has 1 N–H and O–H groups in total. The van der Waals surface area contributed by atoms with Gasteiger partial charge in [0.25, 0.3) is 0 Å². The summed E-state index contributed by atoms with van der Waals surface area (Å²) in [7, 11) is 0. The topological polar surface area (TPSA) is 37.3 Å². The lowest BCUT2D eigenvalue weighted by Crippen LogP contribution is -2.50. The molecule has 0 aromatic heterocycles.